The Morgan fingerprint density at radius 1 is 1.20 bits per heavy atom. The highest BCUT2D eigenvalue weighted by atomic mass is 16.8. The van der Waals surface area contributed by atoms with Gasteiger partial charge in [-0.25, -0.2) is 5.21 Å². The second-order valence-corrected chi connectivity index (χ2v) is 7.80. The van der Waals surface area contributed by atoms with Gasteiger partial charge in [-0.15, -0.1) is 0 Å². The molecule has 3 atom stereocenters. The van der Waals surface area contributed by atoms with E-state index in [4.69, 9.17) is 0 Å². The topological polar surface area (TPSA) is 132 Å². The van der Waals surface area contributed by atoms with Crippen molar-refractivity contribution in [3.63, 3.8) is 0 Å². The summed E-state index contributed by atoms with van der Waals surface area (Å²) in [6.45, 7) is 1.41. The van der Waals surface area contributed by atoms with Gasteiger partial charge in [-0.05, 0) is 36.6 Å². The number of pyridine rings is 2. The minimum atomic E-state index is -1.22. The van der Waals surface area contributed by atoms with Crippen molar-refractivity contribution in [1.82, 2.24) is 24.6 Å². The van der Waals surface area contributed by atoms with Crippen LogP contribution in [-0.4, -0.2) is 48.9 Å². The monoisotopic (exact) mass is 408 g/mol. The SMILES string of the molecule is O=C(c1cc(-c2ccncc2)n[nH]1)N1C[C@@H]2C[C@@H](C1)c1ccc([NH+]([O-])O)c(=O)n1C2. The highest BCUT2D eigenvalue weighted by Crippen LogP contribution is 2.35. The summed E-state index contributed by atoms with van der Waals surface area (Å²) < 4.78 is 1.57. The molecule has 3 aromatic heterocycles. The van der Waals surface area contributed by atoms with Gasteiger partial charge in [0, 0.05) is 55.3 Å². The average molecular weight is 408 g/mol. The Labute approximate surface area is 170 Å². The van der Waals surface area contributed by atoms with Gasteiger partial charge in [0.25, 0.3) is 5.91 Å². The summed E-state index contributed by atoms with van der Waals surface area (Å²) in [7, 11) is 0. The van der Waals surface area contributed by atoms with Crippen molar-refractivity contribution in [2.24, 2.45) is 5.92 Å². The number of nitrogens with zero attached hydrogens (tertiary/aromatic N) is 4. The maximum Gasteiger partial charge on any atom is 0.315 e. The molecule has 10 nitrogen and oxygen atoms in total. The number of hydrogen-bond acceptors (Lipinski definition) is 6. The lowest BCUT2D eigenvalue weighted by Crippen LogP contribution is -3.00. The molecule has 2 bridgehead atoms. The number of nitrogens with one attached hydrogen (secondary N) is 2. The van der Waals surface area contributed by atoms with E-state index >= 15 is 0 Å². The number of quaternary nitrogens is 1. The summed E-state index contributed by atoms with van der Waals surface area (Å²) in [6.07, 6.45) is 4.22. The number of fused-ring (bicyclic) bond motifs is 4. The Morgan fingerprint density at radius 2 is 2.00 bits per heavy atom. The number of aromatic amines is 1. The number of likely N-dealkylation sites (tertiary alicyclic amines) is 1. The van der Waals surface area contributed by atoms with Crippen LogP contribution in [0.4, 0.5) is 5.69 Å². The highest BCUT2D eigenvalue weighted by Gasteiger charge is 2.37. The molecule has 5 rings (SSSR count). The Kier molecular flexibility index (Phi) is 4.46. The molecule has 10 heteroatoms. The molecule has 0 spiro atoms. The van der Waals surface area contributed by atoms with Crippen LogP contribution < -0.4 is 10.8 Å². The van der Waals surface area contributed by atoms with E-state index in [1.54, 1.807) is 34.0 Å². The standard InChI is InChI=1S/C20H20N6O4/c27-19(16-8-15(22-23-16)13-3-5-21-6-4-13)24-9-12-7-14(11-24)17-1-2-18(26(29)30)20(28)25(17)10-12/h1-6,8,12,14,26,29H,7,9-11H2,(H,22,23)/t12-,14-/m0/s1. The Morgan fingerprint density at radius 3 is 2.77 bits per heavy atom. The fourth-order valence-electron chi connectivity index (χ4n) is 4.55. The number of carbonyl (C=O) groups is 1. The number of rotatable bonds is 3. The summed E-state index contributed by atoms with van der Waals surface area (Å²) in [6, 6.07) is 8.47. The molecule has 0 aromatic carbocycles. The molecular weight excluding hydrogens is 388 g/mol. The summed E-state index contributed by atoms with van der Waals surface area (Å²) in [5.41, 5.74) is 2.08. The van der Waals surface area contributed by atoms with Gasteiger partial charge in [0.05, 0.1) is 5.69 Å². The first-order valence-corrected chi connectivity index (χ1v) is 9.73. The first-order chi connectivity index (χ1) is 14.5. The maximum atomic E-state index is 13.1. The third-order valence-corrected chi connectivity index (χ3v) is 5.91. The number of carbonyl (C=O) groups excluding carboxylic acids is 1. The highest BCUT2D eigenvalue weighted by molar-refractivity contribution is 5.93. The van der Waals surface area contributed by atoms with Crippen LogP contribution >= 0.6 is 0 Å². The van der Waals surface area contributed by atoms with Crippen molar-refractivity contribution in [2.45, 2.75) is 18.9 Å². The van der Waals surface area contributed by atoms with Crippen LogP contribution in [-0.2, 0) is 6.54 Å². The van der Waals surface area contributed by atoms with Gasteiger partial charge in [0.15, 0.2) is 0 Å². The molecular formula is C20H20N6O4. The molecule has 30 heavy (non-hydrogen) atoms. The predicted octanol–water partition coefficient (Wildman–Crippen LogP) is 0.296. The van der Waals surface area contributed by atoms with Crippen molar-refractivity contribution >= 4 is 11.6 Å². The first kappa shape index (κ1) is 18.7. The van der Waals surface area contributed by atoms with Gasteiger partial charge in [-0.3, -0.25) is 19.7 Å². The summed E-state index contributed by atoms with van der Waals surface area (Å²) in [5, 5.41) is 26.4. The van der Waals surface area contributed by atoms with Crippen molar-refractivity contribution in [3.05, 3.63) is 69.7 Å². The zero-order valence-corrected chi connectivity index (χ0v) is 16.0. The quantitative estimate of drug-likeness (QED) is 0.534. The Hall–Kier alpha value is -3.34. The van der Waals surface area contributed by atoms with Gasteiger partial charge in [-0.2, -0.15) is 10.3 Å². The van der Waals surface area contributed by atoms with Gasteiger partial charge < -0.3 is 14.7 Å². The normalized spacial score (nSPS) is 21.2. The van der Waals surface area contributed by atoms with E-state index in [0.717, 1.165) is 17.7 Å². The molecule has 5 heterocycles. The molecule has 1 unspecified atom stereocenters. The van der Waals surface area contributed by atoms with Crippen molar-refractivity contribution < 1.29 is 15.2 Å². The van der Waals surface area contributed by atoms with Crippen LogP contribution in [0.25, 0.3) is 11.3 Å². The van der Waals surface area contributed by atoms with E-state index in [1.165, 1.54) is 6.07 Å². The molecule has 0 saturated carbocycles. The van der Waals surface area contributed by atoms with E-state index in [9.17, 15) is 20.0 Å². The molecule has 3 aromatic rings. The number of amides is 1. The number of piperidine rings is 1. The van der Waals surface area contributed by atoms with E-state index in [2.05, 4.69) is 15.2 Å². The van der Waals surface area contributed by atoms with Gasteiger partial charge in [0.2, 0.25) is 5.69 Å². The van der Waals surface area contributed by atoms with Crippen LogP contribution in [0, 0.1) is 11.1 Å². The summed E-state index contributed by atoms with van der Waals surface area (Å²) in [5.74, 6) is -0.0282. The zero-order valence-electron chi connectivity index (χ0n) is 16.0. The van der Waals surface area contributed by atoms with Crippen LogP contribution in [0.15, 0.2) is 47.5 Å². The lowest BCUT2D eigenvalue weighted by molar-refractivity contribution is -0.992. The molecule has 1 amide bonds. The van der Waals surface area contributed by atoms with E-state index in [0.29, 0.717) is 31.0 Å². The lowest BCUT2D eigenvalue weighted by atomic mass is 9.83. The van der Waals surface area contributed by atoms with E-state index in [1.807, 2.05) is 12.1 Å². The average Bonchev–Trinajstić information content (AvgIpc) is 3.24. The lowest BCUT2D eigenvalue weighted by Gasteiger charge is -2.42. The Balaban J connectivity index is 1.39. The third-order valence-electron chi connectivity index (χ3n) is 5.91. The number of aromatic nitrogens is 4. The second kappa shape index (κ2) is 7.17. The minimum absolute atomic E-state index is 0.000385. The van der Waals surface area contributed by atoms with E-state index < -0.39 is 10.8 Å². The molecule has 0 radical (unpaired) electrons. The largest absolute Gasteiger partial charge is 0.595 e. The third kappa shape index (κ3) is 3.11. The summed E-state index contributed by atoms with van der Waals surface area (Å²) in [4.78, 5) is 31.4. The first-order valence-electron chi connectivity index (χ1n) is 9.73. The molecule has 3 N–H and O–H groups in total. The maximum absolute atomic E-state index is 13.1. The van der Waals surface area contributed by atoms with Crippen LogP contribution in [0.2, 0.25) is 0 Å². The molecule has 154 valence electrons. The molecule has 1 fully saturated rings. The number of H-pyrrole nitrogens is 1. The fraction of sp³-hybridized carbons (Fsp3) is 0.300. The van der Waals surface area contributed by atoms with Crippen molar-refractivity contribution in [2.75, 3.05) is 13.1 Å². The Bertz CT molecular complexity index is 1160. The predicted molar refractivity (Wildman–Crippen MR) is 105 cm³/mol. The molecule has 1 saturated heterocycles. The number of hydrogen-bond donors (Lipinski definition) is 3. The van der Waals surface area contributed by atoms with Crippen LogP contribution in [0.3, 0.4) is 0 Å². The molecule has 2 aliphatic rings. The van der Waals surface area contributed by atoms with Gasteiger partial charge in [0.1, 0.15) is 5.69 Å². The molecule has 2 aliphatic heterocycles. The summed E-state index contributed by atoms with van der Waals surface area (Å²) >= 11 is 0. The smallest absolute Gasteiger partial charge is 0.315 e. The minimum Gasteiger partial charge on any atom is -0.595 e. The van der Waals surface area contributed by atoms with E-state index in [-0.39, 0.29) is 23.4 Å². The van der Waals surface area contributed by atoms with Crippen molar-refractivity contribution in [3.8, 4) is 11.3 Å². The van der Waals surface area contributed by atoms with Gasteiger partial charge >= 0.3 is 5.56 Å². The molecule has 0 aliphatic carbocycles. The fourth-order valence-corrected chi connectivity index (χ4v) is 4.55. The van der Waals surface area contributed by atoms with Gasteiger partial charge in [-0.1, -0.05) is 0 Å². The van der Waals surface area contributed by atoms with Crippen LogP contribution in [0.5, 0.6) is 0 Å². The zero-order chi connectivity index (χ0) is 20.8. The second-order valence-electron chi connectivity index (χ2n) is 7.80. The van der Waals surface area contributed by atoms with Crippen LogP contribution in [0.1, 0.15) is 28.5 Å². The van der Waals surface area contributed by atoms with Crippen molar-refractivity contribution in [1.29, 1.82) is 0 Å².